The number of rotatable bonds is 2. The average Bonchev–Trinajstić information content (AvgIpc) is 2.49. The Morgan fingerprint density at radius 2 is 2.21 bits per heavy atom. The van der Waals surface area contributed by atoms with E-state index in [2.05, 4.69) is 53.1 Å². The zero-order chi connectivity index (χ0) is 10.1. The van der Waals surface area contributed by atoms with E-state index in [1.165, 1.54) is 22.9 Å². The van der Waals surface area contributed by atoms with Gasteiger partial charge in [-0.25, -0.2) is 0 Å². The Morgan fingerprint density at radius 3 is 2.93 bits per heavy atom. The summed E-state index contributed by atoms with van der Waals surface area (Å²) in [6, 6.07) is 6.56. The Kier molecular flexibility index (Phi) is 2.93. The van der Waals surface area contributed by atoms with Crippen LogP contribution in [0.3, 0.4) is 0 Å². The highest BCUT2D eigenvalue weighted by molar-refractivity contribution is 9.10. The molecule has 1 atom stereocenters. The number of hydrogen-bond donors (Lipinski definition) is 0. The summed E-state index contributed by atoms with van der Waals surface area (Å²) in [4.78, 5) is 2.28. The van der Waals surface area contributed by atoms with Crippen LogP contribution in [0.5, 0.6) is 0 Å². The van der Waals surface area contributed by atoms with Gasteiger partial charge in [0.1, 0.15) is 0 Å². The van der Waals surface area contributed by atoms with Crippen molar-refractivity contribution in [1.82, 2.24) is 4.90 Å². The molecule has 0 N–H and O–H groups in total. The van der Waals surface area contributed by atoms with Crippen molar-refractivity contribution in [2.24, 2.45) is 0 Å². The van der Waals surface area contributed by atoms with Crippen LogP contribution in [0.2, 0.25) is 0 Å². The van der Waals surface area contributed by atoms with Gasteiger partial charge in [0.15, 0.2) is 0 Å². The fourth-order valence-electron chi connectivity index (χ4n) is 2.35. The lowest BCUT2D eigenvalue weighted by atomic mass is 10.0. The summed E-state index contributed by atoms with van der Waals surface area (Å²) in [5.41, 5.74) is 3.08. The van der Waals surface area contributed by atoms with E-state index < -0.39 is 0 Å². The second kappa shape index (κ2) is 4.03. The second-order valence-electron chi connectivity index (χ2n) is 4.31. The highest BCUT2D eigenvalue weighted by Gasteiger charge is 2.24. The summed E-state index contributed by atoms with van der Waals surface area (Å²) in [6.45, 7) is 1.16. The molecule has 0 heterocycles. The molecule has 0 amide bonds. The van der Waals surface area contributed by atoms with Crippen molar-refractivity contribution in [2.75, 3.05) is 20.6 Å². The van der Waals surface area contributed by atoms with Crippen molar-refractivity contribution in [3.8, 4) is 0 Å². The molecule has 14 heavy (non-hydrogen) atoms. The molecule has 0 spiro atoms. The molecular formula is C12H16BrN. The van der Waals surface area contributed by atoms with E-state index in [1.54, 1.807) is 5.56 Å². The molecule has 0 radical (unpaired) electrons. The molecular weight excluding hydrogens is 238 g/mol. The number of hydrogen-bond acceptors (Lipinski definition) is 1. The van der Waals surface area contributed by atoms with Gasteiger partial charge in [0, 0.05) is 11.0 Å². The monoisotopic (exact) mass is 253 g/mol. The van der Waals surface area contributed by atoms with Crippen LogP contribution in [-0.4, -0.2) is 25.5 Å². The van der Waals surface area contributed by atoms with Crippen LogP contribution < -0.4 is 0 Å². The molecule has 0 fully saturated rings. The van der Waals surface area contributed by atoms with Crippen molar-refractivity contribution >= 4 is 15.9 Å². The first-order valence-corrected chi connectivity index (χ1v) is 5.90. The molecule has 0 aromatic heterocycles. The van der Waals surface area contributed by atoms with Gasteiger partial charge < -0.3 is 4.90 Å². The molecule has 1 aliphatic rings. The highest BCUT2D eigenvalue weighted by atomic mass is 79.9. The fraction of sp³-hybridized carbons (Fsp3) is 0.500. The van der Waals surface area contributed by atoms with Crippen LogP contribution in [0.25, 0.3) is 0 Å². The van der Waals surface area contributed by atoms with Gasteiger partial charge in [-0.05, 0) is 50.0 Å². The van der Waals surface area contributed by atoms with Crippen molar-refractivity contribution in [2.45, 2.75) is 18.8 Å². The number of fused-ring (bicyclic) bond motifs is 1. The van der Waals surface area contributed by atoms with E-state index in [0.717, 1.165) is 12.5 Å². The maximum Gasteiger partial charge on any atom is 0.0213 e. The molecule has 1 nitrogen and oxygen atoms in total. The molecule has 2 rings (SSSR count). The third kappa shape index (κ3) is 1.86. The first-order valence-electron chi connectivity index (χ1n) is 5.10. The van der Waals surface area contributed by atoms with E-state index in [1.807, 2.05) is 0 Å². The molecule has 1 aliphatic carbocycles. The minimum Gasteiger partial charge on any atom is -0.309 e. The second-order valence-corrected chi connectivity index (χ2v) is 5.16. The van der Waals surface area contributed by atoms with Crippen molar-refractivity contribution in [3.05, 3.63) is 33.8 Å². The lowest BCUT2D eigenvalue weighted by molar-refractivity contribution is 0.371. The zero-order valence-corrected chi connectivity index (χ0v) is 10.3. The van der Waals surface area contributed by atoms with Gasteiger partial charge >= 0.3 is 0 Å². The van der Waals surface area contributed by atoms with Crippen LogP contribution in [0.15, 0.2) is 22.7 Å². The Balaban J connectivity index is 2.29. The molecule has 0 bridgehead atoms. The predicted molar refractivity (Wildman–Crippen MR) is 63.8 cm³/mol. The number of benzene rings is 1. The van der Waals surface area contributed by atoms with E-state index >= 15 is 0 Å². The van der Waals surface area contributed by atoms with Gasteiger partial charge in [-0.15, -0.1) is 0 Å². The molecule has 0 saturated carbocycles. The quantitative estimate of drug-likeness (QED) is 0.784. The van der Waals surface area contributed by atoms with Crippen molar-refractivity contribution in [3.63, 3.8) is 0 Å². The van der Waals surface area contributed by atoms with Crippen LogP contribution in [0.4, 0.5) is 0 Å². The number of nitrogens with zero attached hydrogens (tertiary/aromatic N) is 1. The Labute approximate surface area is 94.2 Å². The molecule has 0 aliphatic heterocycles. The largest absolute Gasteiger partial charge is 0.309 e. The van der Waals surface area contributed by atoms with Crippen LogP contribution in [0, 0.1) is 0 Å². The Hall–Kier alpha value is -0.340. The van der Waals surface area contributed by atoms with Crippen LogP contribution in [0.1, 0.15) is 23.5 Å². The van der Waals surface area contributed by atoms with Gasteiger partial charge in [0.25, 0.3) is 0 Å². The standard InChI is InChI=1S/C12H16BrN/c1-14(2)8-10-7-6-9-4-3-5-11(13)12(9)10/h3-5,10H,6-8H2,1-2H3. The highest BCUT2D eigenvalue weighted by Crippen LogP contribution is 2.38. The average molecular weight is 254 g/mol. The normalized spacial score (nSPS) is 20.1. The van der Waals surface area contributed by atoms with Gasteiger partial charge in [-0.3, -0.25) is 0 Å². The maximum absolute atomic E-state index is 3.66. The predicted octanol–water partition coefficient (Wildman–Crippen LogP) is 3.04. The first-order chi connectivity index (χ1) is 6.68. The molecule has 2 heteroatoms. The van der Waals surface area contributed by atoms with Crippen LogP contribution >= 0.6 is 15.9 Å². The van der Waals surface area contributed by atoms with Crippen LogP contribution in [-0.2, 0) is 6.42 Å². The Bertz CT molecular complexity index is 333. The SMILES string of the molecule is CN(C)CC1CCc2cccc(Br)c21. The van der Waals surface area contributed by atoms with Crippen molar-refractivity contribution in [1.29, 1.82) is 0 Å². The molecule has 1 aromatic rings. The van der Waals surface area contributed by atoms with Gasteiger partial charge in [0.05, 0.1) is 0 Å². The number of likely N-dealkylation sites (N-methyl/N-ethyl adjacent to an activating group) is 1. The number of halogens is 1. The summed E-state index contributed by atoms with van der Waals surface area (Å²) in [5, 5.41) is 0. The summed E-state index contributed by atoms with van der Waals surface area (Å²) in [7, 11) is 4.30. The number of aryl methyl sites for hydroxylation is 1. The molecule has 76 valence electrons. The maximum atomic E-state index is 3.66. The molecule has 1 unspecified atom stereocenters. The fourth-order valence-corrected chi connectivity index (χ4v) is 3.09. The van der Waals surface area contributed by atoms with Gasteiger partial charge in [0.2, 0.25) is 0 Å². The van der Waals surface area contributed by atoms with E-state index in [-0.39, 0.29) is 0 Å². The summed E-state index contributed by atoms with van der Waals surface area (Å²) in [6.07, 6.45) is 2.55. The minimum atomic E-state index is 0.718. The lowest BCUT2D eigenvalue weighted by Gasteiger charge is -2.18. The van der Waals surface area contributed by atoms with E-state index in [0.29, 0.717) is 0 Å². The zero-order valence-electron chi connectivity index (χ0n) is 8.76. The minimum absolute atomic E-state index is 0.718. The smallest absolute Gasteiger partial charge is 0.0213 e. The van der Waals surface area contributed by atoms with Gasteiger partial charge in [-0.1, -0.05) is 28.1 Å². The summed E-state index contributed by atoms with van der Waals surface area (Å²) >= 11 is 3.66. The van der Waals surface area contributed by atoms with E-state index in [4.69, 9.17) is 0 Å². The van der Waals surface area contributed by atoms with Gasteiger partial charge in [-0.2, -0.15) is 0 Å². The summed E-state index contributed by atoms with van der Waals surface area (Å²) in [5.74, 6) is 0.718. The Morgan fingerprint density at radius 1 is 1.43 bits per heavy atom. The lowest BCUT2D eigenvalue weighted by Crippen LogP contribution is -2.19. The first kappa shape index (κ1) is 10.2. The van der Waals surface area contributed by atoms with Crippen molar-refractivity contribution < 1.29 is 0 Å². The third-order valence-electron chi connectivity index (χ3n) is 2.90. The third-order valence-corrected chi connectivity index (χ3v) is 3.59. The molecule has 0 saturated heterocycles. The van der Waals surface area contributed by atoms with E-state index in [9.17, 15) is 0 Å². The summed E-state index contributed by atoms with van der Waals surface area (Å²) < 4.78 is 1.29. The molecule has 1 aromatic carbocycles. The topological polar surface area (TPSA) is 3.24 Å².